The third-order valence-corrected chi connectivity index (χ3v) is 5.15. The van der Waals surface area contributed by atoms with Gasteiger partial charge in [0.1, 0.15) is 0 Å². The Balaban J connectivity index is 1.49. The second-order valence-corrected chi connectivity index (χ2v) is 7.06. The van der Waals surface area contributed by atoms with Gasteiger partial charge in [-0.25, -0.2) is 0 Å². The van der Waals surface area contributed by atoms with E-state index in [-0.39, 0.29) is 0 Å². The summed E-state index contributed by atoms with van der Waals surface area (Å²) < 4.78 is 0. The number of likely N-dealkylation sites (tertiary alicyclic amines) is 1. The largest absolute Gasteiger partial charge is 0.312 e. The highest BCUT2D eigenvalue weighted by Gasteiger charge is 2.16. The molecule has 1 fully saturated rings. The fraction of sp³-hybridized carbons (Fsp3) is 0.444. The van der Waals surface area contributed by atoms with Gasteiger partial charge in [0.15, 0.2) is 0 Å². The zero-order valence-corrected chi connectivity index (χ0v) is 13.5. The molecule has 1 aliphatic heterocycles. The van der Waals surface area contributed by atoms with E-state index in [4.69, 9.17) is 0 Å². The Labute approximate surface area is 131 Å². The molecule has 0 saturated carbocycles. The van der Waals surface area contributed by atoms with Gasteiger partial charge in [-0.2, -0.15) is 0 Å². The van der Waals surface area contributed by atoms with E-state index in [1.807, 2.05) is 11.3 Å². The maximum Gasteiger partial charge on any atom is 0.0300 e. The molecular weight excluding hydrogens is 276 g/mol. The van der Waals surface area contributed by atoms with Crippen LogP contribution in [-0.4, -0.2) is 31.6 Å². The molecule has 21 heavy (non-hydrogen) atoms. The molecule has 0 radical (unpaired) electrons. The highest BCUT2D eigenvalue weighted by Crippen LogP contribution is 2.25. The summed E-state index contributed by atoms with van der Waals surface area (Å²) in [5.41, 5.74) is 2.66. The molecule has 1 atom stereocenters. The molecule has 0 bridgehead atoms. The molecular formula is C18H24N2S. The molecule has 1 saturated heterocycles. The van der Waals surface area contributed by atoms with E-state index in [0.717, 1.165) is 19.0 Å². The Hall–Kier alpha value is -1.16. The first-order chi connectivity index (χ1) is 10.3. The number of hydrogen-bond donors (Lipinski definition) is 1. The molecule has 0 aliphatic carbocycles. The van der Waals surface area contributed by atoms with E-state index < -0.39 is 0 Å². The fourth-order valence-corrected chi connectivity index (χ4v) is 3.96. The van der Waals surface area contributed by atoms with Crippen molar-refractivity contribution in [2.45, 2.75) is 19.4 Å². The van der Waals surface area contributed by atoms with Crippen molar-refractivity contribution in [1.82, 2.24) is 10.2 Å². The minimum Gasteiger partial charge on any atom is -0.312 e. The molecule has 1 aliphatic rings. The van der Waals surface area contributed by atoms with Crippen molar-refractivity contribution < 1.29 is 0 Å². The van der Waals surface area contributed by atoms with Gasteiger partial charge in [0, 0.05) is 18.0 Å². The van der Waals surface area contributed by atoms with Crippen LogP contribution in [-0.2, 0) is 6.54 Å². The highest BCUT2D eigenvalue weighted by atomic mass is 32.1. The van der Waals surface area contributed by atoms with E-state index >= 15 is 0 Å². The van der Waals surface area contributed by atoms with Gasteiger partial charge in [0.2, 0.25) is 0 Å². The van der Waals surface area contributed by atoms with E-state index in [2.05, 4.69) is 59.0 Å². The zero-order chi connectivity index (χ0) is 14.5. The monoisotopic (exact) mass is 300 g/mol. The third kappa shape index (κ3) is 4.16. The van der Waals surface area contributed by atoms with E-state index in [1.165, 1.54) is 41.9 Å². The minimum atomic E-state index is 0.817. The summed E-state index contributed by atoms with van der Waals surface area (Å²) in [6.45, 7) is 4.65. The Morgan fingerprint density at radius 3 is 2.90 bits per heavy atom. The first kappa shape index (κ1) is 14.8. The van der Waals surface area contributed by atoms with Crippen LogP contribution < -0.4 is 5.32 Å². The topological polar surface area (TPSA) is 15.3 Å². The predicted octanol–water partition coefficient (Wildman–Crippen LogP) is 3.85. The van der Waals surface area contributed by atoms with Crippen molar-refractivity contribution in [3.05, 3.63) is 46.7 Å². The van der Waals surface area contributed by atoms with Crippen molar-refractivity contribution in [2.24, 2.45) is 5.92 Å². The Bertz CT molecular complexity index is 549. The van der Waals surface area contributed by atoms with Crippen LogP contribution in [0.2, 0.25) is 0 Å². The highest BCUT2D eigenvalue weighted by molar-refractivity contribution is 7.10. The zero-order valence-electron chi connectivity index (χ0n) is 12.7. The SMILES string of the molecule is CN1CCCC(CNCc2cc(-c3ccccc3)cs2)C1. The van der Waals surface area contributed by atoms with Gasteiger partial charge in [-0.15, -0.1) is 11.3 Å². The lowest BCUT2D eigenvalue weighted by molar-refractivity contribution is 0.206. The fourth-order valence-electron chi connectivity index (χ4n) is 3.09. The van der Waals surface area contributed by atoms with Crippen LogP contribution in [0.15, 0.2) is 41.8 Å². The predicted molar refractivity (Wildman–Crippen MR) is 91.7 cm³/mol. The van der Waals surface area contributed by atoms with Gasteiger partial charge < -0.3 is 10.2 Å². The van der Waals surface area contributed by atoms with Crippen molar-refractivity contribution in [2.75, 3.05) is 26.7 Å². The Morgan fingerprint density at radius 1 is 1.24 bits per heavy atom. The summed E-state index contributed by atoms with van der Waals surface area (Å²) >= 11 is 1.86. The third-order valence-electron chi connectivity index (χ3n) is 4.22. The van der Waals surface area contributed by atoms with Crippen molar-refractivity contribution >= 4 is 11.3 Å². The van der Waals surface area contributed by atoms with Crippen LogP contribution in [0.5, 0.6) is 0 Å². The van der Waals surface area contributed by atoms with Crippen LogP contribution in [0.4, 0.5) is 0 Å². The first-order valence-electron chi connectivity index (χ1n) is 7.83. The molecule has 2 nitrogen and oxygen atoms in total. The molecule has 112 valence electrons. The van der Waals surface area contributed by atoms with Gasteiger partial charge in [0.05, 0.1) is 0 Å². The van der Waals surface area contributed by atoms with Crippen molar-refractivity contribution in [1.29, 1.82) is 0 Å². The molecule has 2 aromatic rings. The minimum absolute atomic E-state index is 0.817. The molecule has 0 amide bonds. The molecule has 2 heterocycles. The number of thiophene rings is 1. The second kappa shape index (κ2) is 7.21. The van der Waals surface area contributed by atoms with Crippen molar-refractivity contribution in [3.63, 3.8) is 0 Å². The summed E-state index contributed by atoms with van der Waals surface area (Å²) in [5.74, 6) is 0.817. The molecule has 1 aromatic carbocycles. The lowest BCUT2D eigenvalue weighted by Gasteiger charge is -2.29. The van der Waals surface area contributed by atoms with Gasteiger partial charge in [-0.3, -0.25) is 0 Å². The maximum atomic E-state index is 3.64. The van der Waals surface area contributed by atoms with E-state index in [1.54, 1.807) is 0 Å². The number of nitrogens with zero attached hydrogens (tertiary/aromatic N) is 1. The number of hydrogen-bond acceptors (Lipinski definition) is 3. The summed E-state index contributed by atoms with van der Waals surface area (Å²) in [5, 5.41) is 5.91. The van der Waals surface area contributed by atoms with Gasteiger partial charge in [0.25, 0.3) is 0 Å². The number of nitrogens with one attached hydrogen (secondary N) is 1. The summed E-state index contributed by atoms with van der Waals surface area (Å²) in [7, 11) is 2.23. The van der Waals surface area contributed by atoms with Crippen LogP contribution >= 0.6 is 11.3 Å². The van der Waals surface area contributed by atoms with E-state index in [0.29, 0.717) is 0 Å². The second-order valence-electron chi connectivity index (χ2n) is 6.07. The van der Waals surface area contributed by atoms with Gasteiger partial charge in [-0.1, -0.05) is 30.3 Å². The average Bonchev–Trinajstić information content (AvgIpc) is 2.97. The molecule has 0 spiro atoms. The quantitative estimate of drug-likeness (QED) is 0.902. The lowest BCUT2D eigenvalue weighted by atomic mass is 9.98. The normalized spacial score (nSPS) is 19.8. The van der Waals surface area contributed by atoms with Crippen LogP contribution in [0.1, 0.15) is 17.7 Å². The Morgan fingerprint density at radius 2 is 2.10 bits per heavy atom. The van der Waals surface area contributed by atoms with Crippen LogP contribution in [0.25, 0.3) is 11.1 Å². The molecule has 1 aromatic heterocycles. The van der Waals surface area contributed by atoms with E-state index in [9.17, 15) is 0 Å². The molecule has 1 unspecified atom stereocenters. The molecule has 3 heteroatoms. The molecule has 3 rings (SSSR count). The standard InChI is InChI=1S/C18H24N2S/c1-20-9-5-6-15(13-20)11-19-12-18-10-17(14-21-18)16-7-3-2-4-8-16/h2-4,7-8,10,14-15,19H,5-6,9,11-13H2,1H3. The summed E-state index contributed by atoms with van der Waals surface area (Å²) in [4.78, 5) is 3.88. The maximum absolute atomic E-state index is 3.64. The number of rotatable bonds is 5. The summed E-state index contributed by atoms with van der Waals surface area (Å²) in [6.07, 6.45) is 2.72. The lowest BCUT2D eigenvalue weighted by Crippen LogP contribution is -2.37. The van der Waals surface area contributed by atoms with Crippen molar-refractivity contribution in [3.8, 4) is 11.1 Å². The molecule has 1 N–H and O–H groups in total. The van der Waals surface area contributed by atoms with Crippen LogP contribution in [0.3, 0.4) is 0 Å². The number of benzene rings is 1. The Kier molecular flexibility index (Phi) is 5.07. The van der Waals surface area contributed by atoms with Gasteiger partial charge in [-0.05, 0) is 61.5 Å². The van der Waals surface area contributed by atoms with Crippen LogP contribution in [0, 0.1) is 5.92 Å². The smallest absolute Gasteiger partial charge is 0.0300 e. The average molecular weight is 300 g/mol. The summed E-state index contributed by atoms with van der Waals surface area (Å²) in [6, 6.07) is 12.9. The van der Waals surface area contributed by atoms with Gasteiger partial charge >= 0.3 is 0 Å². The number of piperidine rings is 1. The first-order valence-corrected chi connectivity index (χ1v) is 8.71.